The first-order valence-electron chi connectivity index (χ1n) is 4.86. The Hall–Kier alpha value is -1.43. The Bertz CT molecular complexity index is 236. The predicted molar refractivity (Wildman–Crippen MR) is 52.5 cm³/mol. The zero-order chi connectivity index (χ0) is 11.8. The molecule has 0 bridgehead atoms. The van der Waals surface area contributed by atoms with E-state index >= 15 is 0 Å². The van der Waals surface area contributed by atoms with Crippen molar-refractivity contribution in [2.75, 3.05) is 13.6 Å². The van der Waals surface area contributed by atoms with Gasteiger partial charge in [-0.2, -0.15) is 0 Å². The number of rotatable bonds is 3. The molecule has 0 unspecified atom stereocenters. The molecule has 1 fully saturated rings. The molecule has 0 radical (unpaired) electrons. The topological polar surface area (TPSA) is 75.7 Å². The van der Waals surface area contributed by atoms with Gasteiger partial charge in [0.05, 0.1) is 6.54 Å². The van der Waals surface area contributed by atoms with Crippen LogP contribution in [0.5, 0.6) is 0 Å². The van der Waals surface area contributed by atoms with Crippen LogP contribution in [0.3, 0.4) is 0 Å². The Kier molecular flexibility index (Phi) is 6.28. The molecule has 2 amide bonds. The lowest BCUT2D eigenvalue weighted by molar-refractivity contribution is -0.196. The van der Waals surface area contributed by atoms with Gasteiger partial charge in [-0.15, -0.1) is 5.06 Å². The predicted octanol–water partition coefficient (Wildman–Crippen LogP) is -0.161. The number of carbonyl (C=O) groups excluding carboxylic acids is 3. The van der Waals surface area contributed by atoms with Gasteiger partial charge in [0.25, 0.3) is 11.8 Å². The molecule has 0 aliphatic carbocycles. The summed E-state index contributed by atoms with van der Waals surface area (Å²) >= 11 is 0. The summed E-state index contributed by atoms with van der Waals surface area (Å²) in [4.78, 5) is 37.2. The zero-order valence-corrected chi connectivity index (χ0v) is 9.20. The van der Waals surface area contributed by atoms with Crippen molar-refractivity contribution in [1.82, 2.24) is 10.4 Å². The van der Waals surface area contributed by atoms with Gasteiger partial charge in [-0.3, -0.25) is 9.59 Å². The van der Waals surface area contributed by atoms with Gasteiger partial charge in [-0.1, -0.05) is 13.8 Å². The quantitative estimate of drug-likeness (QED) is 0.663. The smallest absolute Gasteiger partial charge is 0.329 e. The highest BCUT2D eigenvalue weighted by atomic mass is 16.7. The molecule has 86 valence electrons. The molecular formula is C9H16N2O4. The highest BCUT2D eigenvalue weighted by Crippen LogP contribution is 2.11. The number of nitrogens with zero attached hydrogens (tertiary/aromatic N) is 1. The highest BCUT2D eigenvalue weighted by Gasteiger charge is 2.32. The minimum atomic E-state index is -0.647. The number of hydrogen-bond donors (Lipinski definition) is 1. The van der Waals surface area contributed by atoms with E-state index in [1.807, 2.05) is 13.8 Å². The summed E-state index contributed by atoms with van der Waals surface area (Å²) in [6, 6.07) is 0. The van der Waals surface area contributed by atoms with Crippen molar-refractivity contribution in [3.8, 4) is 0 Å². The van der Waals surface area contributed by atoms with Crippen LogP contribution in [0, 0.1) is 0 Å². The van der Waals surface area contributed by atoms with Crippen LogP contribution in [0.25, 0.3) is 0 Å². The first-order chi connectivity index (χ1) is 7.15. The van der Waals surface area contributed by atoms with Crippen LogP contribution in [-0.2, 0) is 19.2 Å². The molecule has 1 aliphatic rings. The number of amides is 2. The van der Waals surface area contributed by atoms with Crippen LogP contribution < -0.4 is 5.32 Å². The first-order valence-corrected chi connectivity index (χ1v) is 4.86. The summed E-state index contributed by atoms with van der Waals surface area (Å²) < 4.78 is 0. The van der Waals surface area contributed by atoms with E-state index in [0.717, 1.165) is 0 Å². The third kappa shape index (κ3) is 4.07. The molecule has 0 aromatic rings. The molecule has 0 atom stereocenters. The molecular weight excluding hydrogens is 200 g/mol. The fraction of sp³-hybridized carbons (Fsp3) is 0.667. The van der Waals surface area contributed by atoms with E-state index in [4.69, 9.17) is 0 Å². The normalized spacial score (nSPS) is 14.7. The monoisotopic (exact) mass is 216 g/mol. The van der Waals surface area contributed by atoms with Crippen molar-refractivity contribution < 1.29 is 19.2 Å². The van der Waals surface area contributed by atoms with Crippen molar-refractivity contribution in [1.29, 1.82) is 0 Å². The maximum Gasteiger partial charge on any atom is 0.346 e. The van der Waals surface area contributed by atoms with Gasteiger partial charge in [0.1, 0.15) is 0 Å². The Morgan fingerprint density at radius 3 is 2.20 bits per heavy atom. The Labute approximate surface area is 88.5 Å². The van der Waals surface area contributed by atoms with Crippen LogP contribution in [0.4, 0.5) is 0 Å². The standard InChI is InChI=1S/C7H10N2O4.C2H6/c1-8-4-7(12)13-9-5(10)2-3-6(9)11;1-2/h8H,2-4H2,1H3;1-2H3. The summed E-state index contributed by atoms with van der Waals surface area (Å²) in [5.41, 5.74) is 0. The maximum absolute atomic E-state index is 10.9. The van der Waals surface area contributed by atoms with E-state index in [2.05, 4.69) is 10.2 Å². The lowest BCUT2D eigenvalue weighted by atomic mass is 10.4. The molecule has 0 saturated carbocycles. The number of imide groups is 1. The van der Waals surface area contributed by atoms with Gasteiger partial charge in [-0.05, 0) is 7.05 Å². The second kappa shape index (κ2) is 6.94. The molecule has 1 saturated heterocycles. The lowest BCUT2D eigenvalue weighted by Crippen LogP contribution is -2.35. The van der Waals surface area contributed by atoms with E-state index < -0.39 is 17.8 Å². The van der Waals surface area contributed by atoms with Gasteiger partial charge < -0.3 is 10.2 Å². The fourth-order valence-electron chi connectivity index (χ4n) is 0.936. The third-order valence-electron chi connectivity index (χ3n) is 1.52. The van der Waals surface area contributed by atoms with Crippen LogP contribution in [0.15, 0.2) is 0 Å². The highest BCUT2D eigenvalue weighted by molar-refractivity contribution is 6.01. The second-order valence-electron chi connectivity index (χ2n) is 2.58. The summed E-state index contributed by atoms with van der Waals surface area (Å²) in [7, 11) is 1.56. The van der Waals surface area contributed by atoms with Gasteiger partial charge in [0, 0.05) is 12.8 Å². The van der Waals surface area contributed by atoms with E-state index in [-0.39, 0.29) is 19.4 Å². The van der Waals surface area contributed by atoms with E-state index in [1.165, 1.54) is 0 Å². The largest absolute Gasteiger partial charge is 0.346 e. The summed E-state index contributed by atoms with van der Waals surface area (Å²) in [6.45, 7) is 3.97. The molecule has 0 spiro atoms. The van der Waals surface area contributed by atoms with Crippen molar-refractivity contribution >= 4 is 17.8 Å². The zero-order valence-electron chi connectivity index (χ0n) is 9.20. The third-order valence-corrected chi connectivity index (χ3v) is 1.52. The molecule has 0 aromatic heterocycles. The number of likely N-dealkylation sites (N-methyl/N-ethyl adjacent to an activating group) is 1. The molecule has 1 heterocycles. The molecule has 1 N–H and O–H groups in total. The number of hydrogen-bond acceptors (Lipinski definition) is 5. The van der Waals surface area contributed by atoms with Crippen molar-refractivity contribution in [2.24, 2.45) is 0 Å². The number of hydroxylamine groups is 2. The van der Waals surface area contributed by atoms with E-state index in [1.54, 1.807) is 7.05 Å². The summed E-state index contributed by atoms with van der Waals surface area (Å²) in [5.74, 6) is -1.57. The lowest BCUT2D eigenvalue weighted by Gasteiger charge is -2.11. The van der Waals surface area contributed by atoms with Crippen LogP contribution in [-0.4, -0.2) is 36.4 Å². The maximum atomic E-state index is 10.9. The Balaban J connectivity index is 0.000000921. The second-order valence-corrected chi connectivity index (χ2v) is 2.58. The number of nitrogens with one attached hydrogen (secondary N) is 1. The summed E-state index contributed by atoms with van der Waals surface area (Å²) in [6.07, 6.45) is 0.233. The molecule has 1 rings (SSSR count). The van der Waals surface area contributed by atoms with Crippen LogP contribution >= 0.6 is 0 Å². The molecule has 15 heavy (non-hydrogen) atoms. The molecule has 6 nitrogen and oxygen atoms in total. The number of carbonyl (C=O) groups is 3. The average Bonchev–Trinajstić information content (AvgIpc) is 2.53. The van der Waals surface area contributed by atoms with E-state index in [0.29, 0.717) is 5.06 Å². The van der Waals surface area contributed by atoms with Crippen molar-refractivity contribution in [3.63, 3.8) is 0 Å². The molecule has 6 heteroatoms. The van der Waals surface area contributed by atoms with Gasteiger partial charge in [0.2, 0.25) is 0 Å². The molecule has 0 aromatic carbocycles. The minimum absolute atomic E-state index is 0.0307. The van der Waals surface area contributed by atoms with Crippen molar-refractivity contribution in [2.45, 2.75) is 26.7 Å². The van der Waals surface area contributed by atoms with Crippen LogP contribution in [0.1, 0.15) is 26.7 Å². The van der Waals surface area contributed by atoms with Gasteiger partial charge >= 0.3 is 5.97 Å². The van der Waals surface area contributed by atoms with Crippen molar-refractivity contribution in [3.05, 3.63) is 0 Å². The SMILES string of the molecule is CC.CNCC(=O)ON1C(=O)CCC1=O. The first kappa shape index (κ1) is 13.6. The molecule has 1 aliphatic heterocycles. The van der Waals surface area contributed by atoms with E-state index in [9.17, 15) is 14.4 Å². The van der Waals surface area contributed by atoms with Gasteiger partial charge in [-0.25, -0.2) is 4.79 Å². The summed E-state index contributed by atoms with van der Waals surface area (Å²) in [5, 5.41) is 3.07. The fourth-order valence-corrected chi connectivity index (χ4v) is 0.936. The van der Waals surface area contributed by atoms with Gasteiger partial charge in [0.15, 0.2) is 0 Å². The Morgan fingerprint density at radius 1 is 1.33 bits per heavy atom. The minimum Gasteiger partial charge on any atom is -0.329 e. The average molecular weight is 216 g/mol. The Morgan fingerprint density at radius 2 is 1.80 bits per heavy atom. The van der Waals surface area contributed by atoms with Crippen LogP contribution in [0.2, 0.25) is 0 Å².